The highest BCUT2D eigenvalue weighted by atomic mass is 32.2. The van der Waals surface area contributed by atoms with E-state index >= 15 is 0 Å². The average molecular weight is 556 g/mol. The fourth-order valence-corrected chi connectivity index (χ4v) is 4.16. The second kappa shape index (κ2) is 11.5. The molecule has 4 rings (SSSR count). The van der Waals surface area contributed by atoms with E-state index in [-0.39, 0.29) is 26.2 Å². The largest absolute Gasteiger partial charge is 0.504 e. The molecule has 14 heteroatoms. The molecule has 4 aromatic rings. The summed E-state index contributed by atoms with van der Waals surface area (Å²) in [4.78, 5) is -0.185. The zero-order valence-electron chi connectivity index (χ0n) is 18.2. The van der Waals surface area contributed by atoms with E-state index in [2.05, 4.69) is 0 Å². The minimum absolute atomic E-state index is 0.0370. The Morgan fingerprint density at radius 1 is 0.500 bits per heavy atom. The molecule has 11 nitrogen and oxygen atoms in total. The second-order valence-corrected chi connectivity index (χ2v) is 11.4. The van der Waals surface area contributed by atoms with E-state index in [1.54, 1.807) is 36.4 Å². The van der Waals surface area contributed by atoms with Crippen molar-refractivity contribution in [3.05, 3.63) is 91.0 Å². The minimum atomic E-state index is -4.00. The van der Waals surface area contributed by atoms with Gasteiger partial charge in [-0.05, 0) is 59.3 Å². The second-order valence-electron chi connectivity index (χ2n) is 6.97. The highest BCUT2D eigenvalue weighted by Gasteiger charge is 2.10. The number of phenolic OH excluding ortho intramolecular Hbond substituents is 2. The van der Waals surface area contributed by atoms with Crippen molar-refractivity contribution >= 4 is 41.0 Å². The third-order valence-corrected chi connectivity index (χ3v) is 6.96. The summed E-state index contributed by atoms with van der Waals surface area (Å²) in [5.41, 5.74) is 0. The monoisotopic (exact) mass is 555 g/mol. The standard InChI is InChI=1S/C10H9NO4S.2C6H6O3S/c11-16(14,15)8-2-1-6-4-9(12)10(13)5-7(6)3-8;2*7-10(8,9)6-4-2-1-3-5-6/h1-5,12-13H,(H2,11,14,15);2*1-5H,(H,7,8,9). The van der Waals surface area contributed by atoms with Gasteiger partial charge in [-0.25, -0.2) is 13.6 Å². The van der Waals surface area contributed by atoms with Gasteiger partial charge >= 0.3 is 0 Å². The Hall–Kier alpha value is -3.53. The molecule has 0 aromatic heterocycles. The van der Waals surface area contributed by atoms with Gasteiger partial charge < -0.3 is 10.2 Å². The Balaban J connectivity index is 0.000000200. The van der Waals surface area contributed by atoms with Crippen LogP contribution in [0.1, 0.15) is 0 Å². The summed E-state index contributed by atoms with van der Waals surface area (Å²) in [7, 11) is -11.8. The maximum atomic E-state index is 11.1. The van der Waals surface area contributed by atoms with Crippen molar-refractivity contribution in [3.63, 3.8) is 0 Å². The summed E-state index contributed by atoms with van der Waals surface area (Å²) < 4.78 is 80.7. The van der Waals surface area contributed by atoms with Crippen LogP contribution < -0.4 is 5.14 Å². The van der Waals surface area contributed by atoms with Crippen LogP contribution in [0.5, 0.6) is 11.5 Å². The van der Waals surface area contributed by atoms with Gasteiger partial charge in [-0.1, -0.05) is 42.5 Å². The van der Waals surface area contributed by atoms with Crippen molar-refractivity contribution in [3.8, 4) is 11.5 Å². The quantitative estimate of drug-likeness (QED) is 0.184. The SMILES string of the molecule is NS(=O)(=O)c1ccc2cc(O)c(O)cc2c1.O=S(=O)(O)c1ccccc1.O=S(=O)(O)c1ccccc1. The first-order chi connectivity index (χ1) is 16.6. The first-order valence-corrected chi connectivity index (χ1v) is 14.1. The third-order valence-electron chi connectivity index (χ3n) is 4.32. The number of primary sulfonamides is 1. The predicted octanol–water partition coefficient (Wildman–Crippen LogP) is 2.77. The van der Waals surface area contributed by atoms with Gasteiger partial charge in [-0.15, -0.1) is 0 Å². The van der Waals surface area contributed by atoms with Crippen molar-refractivity contribution in [1.82, 2.24) is 0 Å². The summed E-state index contributed by atoms with van der Waals surface area (Å²) >= 11 is 0. The van der Waals surface area contributed by atoms with Gasteiger partial charge in [0.05, 0.1) is 14.7 Å². The number of fused-ring (bicyclic) bond motifs is 1. The van der Waals surface area contributed by atoms with E-state index in [4.69, 9.17) is 14.2 Å². The van der Waals surface area contributed by atoms with Gasteiger partial charge in [0.1, 0.15) is 0 Å². The summed E-state index contributed by atoms with van der Waals surface area (Å²) in [6, 6.07) is 21.7. The van der Waals surface area contributed by atoms with Crippen molar-refractivity contribution in [2.75, 3.05) is 0 Å². The van der Waals surface area contributed by atoms with E-state index in [1.807, 2.05) is 0 Å². The van der Waals surface area contributed by atoms with E-state index in [0.29, 0.717) is 10.8 Å². The predicted molar refractivity (Wildman–Crippen MR) is 131 cm³/mol. The van der Waals surface area contributed by atoms with E-state index in [9.17, 15) is 35.5 Å². The number of rotatable bonds is 3. The molecule has 6 N–H and O–H groups in total. The number of hydrogen-bond donors (Lipinski definition) is 5. The van der Waals surface area contributed by atoms with Crippen LogP contribution in [-0.2, 0) is 30.3 Å². The van der Waals surface area contributed by atoms with Gasteiger partial charge in [0, 0.05) is 0 Å². The Morgan fingerprint density at radius 3 is 1.22 bits per heavy atom. The molecule has 0 saturated carbocycles. The van der Waals surface area contributed by atoms with Crippen LogP contribution in [0, 0.1) is 0 Å². The molecule has 0 unspecified atom stereocenters. The Bertz CT molecular complexity index is 1590. The third kappa shape index (κ3) is 8.60. The number of phenols is 2. The molecule has 192 valence electrons. The van der Waals surface area contributed by atoms with Gasteiger partial charge in [0.25, 0.3) is 20.2 Å². The lowest BCUT2D eigenvalue weighted by molar-refractivity contribution is 0.405. The molecule has 0 radical (unpaired) electrons. The molecule has 0 heterocycles. The first-order valence-electron chi connectivity index (χ1n) is 9.62. The normalized spacial score (nSPS) is 11.5. The van der Waals surface area contributed by atoms with Crippen molar-refractivity contribution in [2.45, 2.75) is 14.7 Å². The van der Waals surface area contributed by atoms with Crippen LogP contribution in [0.3, 0.4) is 0 Å². The summed E-state index contributed by atoms with van der Waals surface area (Å²) in [6.07, 6.45) is 0. The highest BCUT2D eigenvalue weighted by molar-refractivity contribution is 7.89. The highest BCUT2D eigenvalue weighted by Crippen LogP contribution is 2.31. The molecular weight excluding hydrogens is 534 g/mol. The van der Waals surface area contributed by atoms with Crippen LogP contribution in [0.4, 0.5) is 0 Å². The molecule has 0 fully saturated rings. The van der Waals surface area contributed by atoms with Crippen LogP contribution in [0.15, 0.2) is 106 Å². The van der Waals surface area contributed by atoms with Gasteiger partial charge in [-0.3, -0.25) is 9.11 Å². The summed E-state index contributed by atoms with van der Waals surface area (Å²) in [6.45, 7) is 0. The molecule has 4 aromatic carbocycles. The first kappa shape index (κ1) is 28.7. The van der Waals surface area contributed by atoms with E-state index in [1.165, 1.54) is 54.6 Å². The van der Waals surface area contributed by atoms with Crippen molar-refractivity contribution in [1.29, 1.82) is 0 Å². The van der Waals surface area contributed by atoms with E-state index < -0.39 is 30.3 Å². The molecule has 0 atom stereocenters. The van der Waals surface area contributed by atoms with Crippen LogP contribution in [-0.4, -0.2) is 44.6 Å². The van der Waals surface area contributed by atoms with Gasteiger partial charge in [0.2, 0.25) is 10.0 Å². The maximum Gasteiger partial charge on any atom is 0.294 e. The van der Waals surface area contributed by atoms with Crippen LogP contribution in [0.2, 0.25) is 0 Å². The van der Waals surface area contributed by atoms with Crippen LogP contribution >= 0.6 is 0 Å². The lowest BCUT2D eigenvalue weighted by Gasteiger charge is -2.03. The summed E-state index contributed by atoms with van der Waals surface area (Å²) in [5, 5.41) is 24.6. The Morgan fingerprint density at radius 2 is 0.889 bits per heavy atom. The molecule has 0 spiro atoms. The zero-order chi connectivity index (χ0) is 27.1. The fourth-order valence-electron chi connectivity index (χ4n) is 2.61. The van der Waals surface area contributed by atoms with E-state index in [0.717, 1.165) is 0 Å². The van der Waals surface area contributed by atoms with Crippen molar-refractivity contribution < 1.29 is 44.6 Å². The Kier molecular flexibility index (Phi) is 9.15. The molecular formula is C22H21NO10S3. The lowest BCUT2D eigenvalue weighted by Crippen LogP contribution is -2.11. The number of benzene rings is 4. The Labute approximate surface area is 207 Å². The molecule has 0 bridgehead atoms. The summed E-state index contributed by atoms with van der Waals surface area (Å²) in [5.74, 6) is -0.560. The van der Waals surface area contributed by atoms with Crippen molar-refractivity contribution in [2.24, 2.45) is 5.14 Å². The fraction of sp³-hybridized carbons (Fsp3) is 0. The molecule has 36 heavy (non-hydrogen) atoms. The molecule has 0 amide bonds. The average Bonchev–Trinajstić information content (AvgIpc) is 2.80. The zero-order valence-corrected chi connectivity index (χ0v) is 20.7. The number of nitrogens with two attached hydrogens (primary N) is 1. The smallest absolute Gasteiger partial charge is 0.294 e. The number of sulfonamides is 1. The number of aromatic hydroxyl groups is 2. The molecule has 0 aliphatic rings. The molecule has 0 aliphatic heterocycles. The van der Waals surface area contributed by atoms with Gasteiger partial charge in [0.15, 0.2) is 11.5 Å². The molecule has 0 saturated heterocycles. The topological polar surface area (TPSA) is 209 Å². The maximum absolute atomic E-state index is 11.1. The lowest BCUT2D eigenvalue weighted by atomic mass is 10.1. The van der Waals surface area contributed by atoms with Gasteiger partial charge in [-0.2, -0.15) is 16.8 Å². The number of hydrogen-bond acceptors (Lipinski definition) is 8. The molecule has 0 aliphatic carbocycles. The minimum Gasteiger partial charge on any atom is -0.504 e. The van der Waals surface area contributed by atoms with Crippen LogP contribution in [0.25, 0.3) is 10.8 Å².